The van der Waals surface area contributed by atoms with Gasteiger partial charge >= 0.3 is 0 Å². The number of hydrogen-bond donors (Lipinski definition) is 0. The molecule has 1 saturated carbocycles. The van der Waals surface area contributed by atoms with Gasteiger partial charge in [-0.05, 0) is 25.2 Å². The van der Waals surface area contributed by atoms with Crippen LogP contribution >= 0.6 is 0 Å². The standard InChI is InChI=1S/C11H20O2/c1-2-10-8-11(13-12-10)9-6-4-3-5-7-9/h9-11H,2-8H2,1H3. The summed E-state index contributed by atoms with van der Waals surface area (Å²) < 4.78 is 0. The van der Waals surface area contributed by atoms with E-state index in [1.807, 2.05) is 0 Å². The summed E-state index contributed by atoms with van der Waals surface area (Å²) in [7, 11) is 0. The molecule has 2 fully saturated rings. The van der Waals surface area contributed by atoms with Crippen LogP contribution in [0.5, 0.6) is 0 Å². The first-order valence-corrected chi connectivity index (χ1v) is 5.72. The van der Waals surface area contributed by atoms with E-state index in [9.17, 15) is 0 Å². The molecule has 0 N–H and O–H groups in total. The lowest BCUT2D eigenvalue weighted by Crippen LogP contribution is -2.22. The molecule has 0 spiro atoms. The zero-order valence-corrected chi connectivity index (χ0v) is 8.50. The van der Waals surface area contributed by atoms with Gasteiger partial charge in [-0.3, -0.25) is 0 Å². The minimum Gasteiger partial charge on any atom is -0.233 e. The van der Waals surface area contributed by atoms with Gasteiger partial charge in [-0.15, -0.1) is 0 Å². The first kappa shape index (κ1) is 9.47. The van der Waals surface area contributed by atoms with Gasteiger partial charge in [0.05, 0.1) is 12.2 Å². The fourth-order valence-electron chi connectivity index (χ4n) is 2.50. The van der Waals surface area contributed by atoms with Gasteiger partial charge < -0.3 is 0 Å². The third kappa shape index (κ3) is 2.23. The maximum absolute atomic E-state index is 5.40. The molecule has 13 heavy (non-hydrogen) atoms. The van der Waals surface area contributed by atoms with Crippen molar-refractivity contribution in [1.29, 1.82) is 0 Å². The molecule has 1 aliphatic heterocycles. The highest BCUT2D eigenvalue weighted by Gasteiger charge is 2.33. The van der Waals surface area contributed by atoms with Crippen LogP contribution in [0.1, 0.15) is 51.9 Å². The van der Waals surface area contributed by atoms with Gasteiger partial charge in [0, 0.05) is 6.42 Å². The van der Waals surface area contributed by atoms with Gasteiger partial charge in [-0.2, -0.15) is 0 Å². The van der Waals surface area contributed by atoms with Crippen LogP contribution in [0.4, 0.5) is 0 Å². The van der Waals surface area contributed by atoms with Crippen molar-refractivity contribution in [3.8, 4) is 0 Å². The maximum atomic E-state index is 5.40. The smallest absolute Gasteiger partial charge is 0.0984 e. The molecule has 1 aliphatic carbocycles. The lowest BCUT2D eigenvalue weighted by atomic mass is 9.83. The summed E-state index contributed by atoms with van der Waals surface area (Å²) in [4.78, 5) is 10.7. The van der Waals surface area contributed by atoms with Gasteiger partial charge in [-0.1, -0.05) is 26.2 Å². The summed E-state index contributed by atoms with van der Waals surface area (Å²) in [6.07, 6.45) is 9.89. The molecule has 2 nitrogen and oxygen atoms in total. The highest BCUT2D eigenvalue weighted by Crippen LogP contribution is 2.34. The summed E-state index contributed by atoms with van der Waals surface area (Å²) in [6.45, 7) is 2.16. The molecule has 2 heteroatoms. The average molecular weight is 184 g/mol. The predicted octanol–water partition coefficient (Wildman–Crippen LogP) is 3.07. The third-order valence-electron chi connectivity index (χ3n) is 3.44. The van der Waals surface area contributed by atoms with Crippen molar-refractivity contribution in [1.82, 2.24) is 0 Å². The Morgan fingerprint density at radius 2 is 1.85 bits per heavy atom. The van der Waals surface area contributed by atoms with E-state index in [-0.39, 0.29) is 0 Å². The number of hydrogen-bond acceptors (Lipinski definition) is 2. The summed E-state index contributed by atoms with van der Waals surface area (Å²) in [6, 6.07) is 0. The molecule has 0 radical (unpaired) electrons. The lowest BCUT2D eigenvalue weighted by Gasteiger charge is -2.24. The molecule has 2 aliphatic rings. The second kappa shape index (κ2) is 4.43. The van der Waals surface area contributed by atoms with Crippen molar-refractivity contribution in [2.24, 2.45) is 5.92 Å². The first-order chi connectivity index (χ1) is 6.40. The molecule has 0 amide bonds. The van der Waals surface area contributed by atoms with Crippen LogP contribution < -0.4 is 0 Å². The Balaban J connectivity index is 1.80. The Bertz CT molecular complexity index is 152. The molecule has 2 rings (SSSR count). The molecule has 0 bridgehead atoms. The zero-order valence-electron chi connectivity index (χ0n) is 8.50. The van der Waals surface area contributed by atoms with Gasteiger partial charge in [0.15, 0.2) is 0 Å². The van der Waals surface area contributed by atoms with Crippen LogP contribution in [0, 0.1) is 5.92 Å². The van der Waals surface area contributed by atoms with E-state index in [4.69, 9.17) is 9.78 Å². The van der Waals surface area contributed by atoms with Gasteiger partial charge in [0.1, 0.15) is 0 Å². The Labute approximate surface area is 80.5 Å². The van der Waals surface area contributed by atoms with E-state index in [1.165, 1.54) is 32.1 Å². The van der Waals surface area contributed by atoms with Crippen LogP contribution in [0.2, 0.25) is 0 Å². The summed E-state index contributed by atoms with van der Waals surface area (Å²) >= 11 is 0. The van der Waals surface area contributed by atoms with Crippen LogP contribution in [0.25, 0.3) is 0 Å². The van der Waals surface area contributed by atoms with Crippen molar-refractivity contribution in [3.63, 3.8) is 0 Å². The lowest BCUT2D eigenvalue weighted by molar-refractivity contribution is -0.304. The molecular weight excluding hydrogens is 164 g/mol. The SMILES string of the molecule is CCC1CC(C2CCCCC2)OO1. The first-order valence-electron chi connectivity index (χ1n) is 5.72. The normalized spacial score (nSPS) is 36.7. The highest BCUT2D eigenvalue weighted by atomic mass is 17.2. The summed E-state index contributed by atoms with van der Waals surface area (Å²) in [5.74, 6) is 0.783. The average Bonchev–Trinajstić information content (AvgIpc) is 2.67. The minimum absolute atomic E-state index is 0.368. The second-order valence-electron chi connectivity index (χ2n) is 4.39. The van der Waals surface area contributed by atoms with Crippen LogP contribution in [0.15, 0.2) is 0 Å². The highest BCUT2D eigenvalue weighted by molar-refractivity contribution is 4.78. The Hall–Kier alpha value is -0.0800. The summed E-state index contributed by atoms with van der Waals surface area (Å²) in [5.41, 5.74) is 0. The molecule has 0 aromatic rings. The third-order valence-corrected chi connectivity index (χ3v) is 3.44. The quantitative estimate of drug-likeness (QED) is 0.614. The topological polar surface area (TPSA) is 18.5 Å². The van der Waals surface area contributed by atoms with E-state index in [0.717, 1.165) is 18.8 Å². The Morgan fingerprint density at radius 1 is 1.08 bits per heavy atom. The fourth-order valence-corrected chi connectivity index (χ4v) is 2.50. The summed E-state index contributed by atoms with van der Waals surface area (Å²) in [5, 5.41) is 0. The Kier molecular flexibility index (Phi) is 3.23. The molecule has 1 saturated heterocycles. The van der Waals surface area contributed by atoms with E-state index >= 15 is 0 Å². The molecule has 2 atom stereocenters. The minimum atomic E-state index is 0.368. The molecular formula is C11H20O2. The van der Waals surface area contributed by atoms with Crippen molar-refractivity contribution < 1.29 is 9.78 Å². The second-order valence-corrected chi connectivity index (χ2v) is 4.39. The molecule has 0 aromatic carbocycles. The molecule has 2 unspecified atom stereocenters. The van der Waals surface area contributed by atoms with E-state index < -0.39 is 0 Å². The van der Waals surface area contributed by atoms with Gasteiger partial charge in [0.25, 0.3) is 0 Å². The van der Waals surface area contributed by atoms with E-state index in [2.05, 4.69) is 6.92 Å². The van der Waals surface area contributed by atoms with E-state index in [1.54, 1.807) is 0 Å². The van der Waals surface area contributed by atoms with Gasteiger partial charge in [-0.25, -0.2) is 9.78 Å². The van der Waals surface area contributed by atoms with Crippen LogP contribution in [-0.4, -0.2) is 12.2 Å². The predicted molar refractivity (Wildman–Crippen MR) is 51.2 cm³/mol. The molecule has 0 aromatic heterocycles. The van der Waals surface area contributed by atoms with Crippen molar-refractivity contribution in [2.75, 3.05) is 0 Å². The van der Waals surface area contributed by atoms with Crippen LogP contribution in [-0.2, 0) is 9.78 Å². The number of rotatable bonds is 2. The molecule has 1 heterocycles. The van der Waals surface area contributed by atoms with Gasteiger partial charge in [0.2, 0.25) is 0 Å². The maximum Gasteiger partial charge on any atom is 0.0984 e. The van der Waals surface area contributed by atoms with Crippen molar-refractivity contribution in [3.05, 3.63) is 0 Å². The zero-order chi connectivity index (χ0) is 9.10. The fraction of sp³-hybridized carbons (Fsp3) is 1.00. The van der Waals surface area contributed by atoms with E-state index in [0.29, 0.717) is 12.2 Å². The molecule has 76 valence electrons. The van der Waals surface area contributed by atoms with Crippen LogP contribution in [0.3, 0.4) is 0 Å². The van der Waals surface area contributed by atoms with Crippen molar-refractivity contribution >= 4 is 0 Å². The largest absolute Gasteiger partial charge is 0.233 e. The Morgan fingerprint density at radius 3 is 2.46 bits per heavy atom. The monoisotopic (exact) mass is 184 g/mol. The van der Waals surface area contributed by atoms with Crippen molar-refractivity contribution in [2.45, 2.75) is 64.1 Å².